The van der Waals surface area contributed by atoms with Gasteiger partial charge >= 0.3 is 0 Å². The number of carbonyl (C=O) groups is 2. The van der Waals surface area contributed by atoms with Crippen LogP contribution in [0.15, 0.2) is 30.0 Å². The molecule has 2 aromatic heterocycles. The maximum absolute atomic E-state index is 12.6. The zero-order chi connectivity index (χ0) is 19.8. The number of carbonyl (C=O) groups excluding carboxylic acids is 2. The molecule has 1 saturated carbocycles. The van der Waals surface area contributed by atoms with Crippen molar-refractivity contribution in [3.63, 3.8) is 0 Å². The first-order valence-corrected chi connectivity index (χ1v) is 10.8. The van der Waals surface area contributed by atoms with Gasteiger partial charge in [-0.25, -0.2) is 4.98 Å². The Hall–Kier alpha value is -2.19. The highest BCUT2D eigenvalue weighted by molar-refractivity contribution is 7.09. The Morgan fingerprint density at radius 1 is 1.39 bits per heavy atom. The minimum atomic E-state index is -0.147. The number of hydrogen-bond donors (Lipinski definition) is 3. The topological polar surface area (TPSA) is 96.1 Å². The van der Waals surface area contributed by atoms with E-state index < -0.39 is 0 Å². The molecular formula is C20H28N4O3S. The second-order valence-corrected chi connectivity index (χ2v) is 8.04. The molecule has 7 nitrogen and oxygen atoms in total. The average molecular weight is 405 g/mol. The van der Waals surface area contributed by atoms with E-state index in [0.717, 1.165) is 30.7 Å². The highest BCUT2D eigenvalue weighted by Crippen LogP contribution is 2.27. The molecule has 8 heteroatoms. The first-order valence-electron chi connectivity index (χ1n) is 9.88. The molecule has 3 N–H and O–H groups in total. The zero-order valence-electron chi connectivity index (χ0n) is 16.1. The average Bonchev–Trinajstić information content (AvgIpc) is 3.41. The number of aromatic nitrogens is 2. The third-order valence-corrected chi connectivity index (χ3v) is 5.84. The Morgan fingerprint density at radius 3 is 3.00 bits per heavy atom. The summed E-state index contributed by atoms with van der Waals surface area (Å²) < 4.78 is 6.00. The van der Waals surface area contributed by atoms with Gasteiger partial charge in [-0.2, -0.15) is 0 Å². The van der Waals surface area contributed by atoms with Crippen molar-refractivity contribution in [2.45, 2.75) is 51.2 Å². The van der Waals surface area contributed by atoms with Gasteiger partial charge in [-0.3, -0.25) is 9.59 Å². The van der Waals surface area contributed by atoms with Crippen LogP contribution in [0.5, 0.6) is 0 Å². The lowest BCUT2D eigenvalue weighted by Gasteiger charge is -2.35. The molecule has 0 saturated heterocycles. The maximum Gasteiger partial charge on any atom is 0.253 e. The number of hydrogen-bond acceptors (Lipinski definition) is 5. The van der Waals surface area contributed by atoms with E-state index in [-0.39, 0.29) is 29.9 Å². The van der Waals surface area contributed by atoms with Gasteiger partial charge in [0.25, 0.3) is 5.91 Å². The van der Waals surface area contributed by atoms with Gasteiger partial charge < -0.3 is 20.4 Å². The smallest absolute Gasteiger partial charge is 0.253 e. The summed E-state index contributed by atoms with van der Waals surface area (Å²) in [6.45, 7) is 3.27. The molecule has 0 aliphatic heterocycles. The summed E-state index contributed by atoms with van der Waals surface area (Å²) in [6, 6.07) is 1.67. The van der Waals surface area contributed by atoms with E-state index >= 15 is 0 Å². The maximum atomic E-state index is 12.6. The molecule has 2 heterocycles. The van der Waals surface area contributed by atoms with E-state index in [9.17, 15) is 9.59 Å². The Labute approximate surface area is 169 Å². The lowest BCUT2D eigenvalue weighted by atomic mass is 9.83. The summed E-state index contributed by atoms with van der Waals surface area (Å²) in [4.78, 5) is 32.1. The van der Waals surface area contributed by atoms with E-state index in [1.807, 2.05) is 5.38 Å². The number of aromatic amines is 1. The molecule has 0 unspecified atom stereocenters. The van der Waals surface area contributed by atoms with Crippen LogP contribution < -0.4 is 10.6 Å². The van der Waals surface area contributed by atoms with E-state index in [1.54, 1.807) is 36.0 Å². The second-order valence-electron chi connectivity index (χ2n) is 7.07. The molecule has 3 rings (SSSR count). The van der Waals surface area contributed by atoms with Crippen molar-refractivity contribution in [2.75, 3.05) is 13.2 Å². The Morgan fingerprint density at radius 2 is 2.29 bits per heavy atom. The number of thiazole rings is 1. The fourth-order valence-corrected chi connectivity index (χ4v) is 4.14. The van der Waals surface area contributed by atoms with Crippen molar-refractivity contribution in [3.8, 4) is 0 Å². The van der Waals surface area contributed by atoms with E-state index in [0.29, 0.717) is 25.1 Å². The number of H-pyrrole nitrogens is 1. The summed E-state index contributed by atoms with van der Waals surface area (Å²) in [5, 5.41) is 9.07. The summed E-state index contributed by atoms with van der Waals surface area (Å²) in [5.74, 6) is -0.127. The van der Waals surface area contributed by atoms with Crippen LogP contribution in [0.25, 0.3) is 0 Å². The van der Waals surface area contributed by atoms with Gasteiger partial charge in [0.2, 0.25) is 5.91 Å². The first kappa shape index (κ1) is 20.5. The van der Waals surface area contributed by atoms with E-state index in [4.69, 9.17) is 4.74 Å². The third kappa shape index (κ3) is 5.65. The van der Waals surface area contributed by atoms with Crippen molar-refractivity contribution in [1.29, 1.82) is 0 Å². The molecule has 0 radical (unpaired) electrons. The van der Waals surface area contributed by atoms with Gasteiger partial charge in [0.05, 0.1) is 22.7 Å². The van der Waals surface area contributed by atoms with Crippen molar-refractivity contribution in [1.82, 2.24) is 20.6 Å². The van der Waals surface area contributed by atoms with Gasteiger partial charge in [-0.1, -0.05) is 6.92 Å². The molecule has 2 amide bonds. The molecule has 1 aliphatic rings. The van der Waals surface area contributed by atoms with Gasteiger partial charge in [-0.15, -0.1) is 11.3 Å². The molecule has 0 bridgehead atoms. The molecular weight excluding hydrogens is 376 g/mol. The predicted octanol–water partition coefficient (Wildman–Crippen LogP) is 2.52. The third-order valence-electron chi connectivity index (χ3n) is 5.00. The van der Waals surface area contributed by atoms with Crippen LogP contribution in [-0.2, 0) is 16.0 Å². The van der Waals surface area contributed by atoms with Crippen LogP contribution in [0.2, 0.25) is 0 Å². The van der Waals surface area contributed by atoms with Crippen molar-refractivity contribution in [2.24, 2.45) is 5.92 Å². The number of ether oxygens (including phenoxy) is 1. The van der Waals surface area contributed by atoms with Gasteiger partial charge in [0, 0.05) is 49.5 Å². The van der Waals surface area contributed by atoms with Gasteiger partial charge in [0.1, 0.15) is 0 Å². The predicted molar refractivity (Wildman–Crippen MR) is 108 cm³/mol. The fraction of sp³-hybridized carbons (Fsp3) is 0.550. The minimum Gasteiger partial charge on any atom is -0.376 e. The number of nitrogens with zero attached hydrogens (tertiary/aromatic N) is 1. The summed E-state index contributed by atoms with van der Waals surface area (Å²) in [6.07, 6.45) is 8.79. The molecule has 28 heavy (non-hydrogen) atoms. The number of nitrogens with one attached hydrogen (secondary N) is 3. The molecule has 2 aromatic rings. The fourth-order valence-electron chi connectivity index (χ4n) is 3.52. The Bertz CT molecular complexity index is 733. The minimum absolute atomic E-state index is 0.0667. The lowest BCUT2D eigenvalue weighted by molar-refractivity contribution is -0.128. The van der Waals surface area contributed by atoms with Crippen LogP contribution in [0.1, 0.15) is 48.0 Å². The van der Waals surface area contributed by atoms with Gasteiger partial charge in [0.15, 0.2) is 0 Å². The van der Waals surface area contributed by atoms with Gasteiger partial charge in [-0.05, 0) is 31.7 Å². The largest absolute Gasteiger partial charge is 0.376 e. The second kappa shape index (κ2) is 10.4. The normalized spacial score (nSPS) is 22.0. The summed E-state index contributed by atoms with van der Waals surface area (Å²) >= 11 is 1.60. The molecule has 0 spiro atoms. The van der Waals surface area contributed by atoms with Crippen LogP contribution in [0.3, 0.4) is 0 Å². The molecule has 1 aliphatic carbocycles. The lowest BCUT2D eigenvalue weighted by Crippen LogP contribution is -2.50. The standard InChI is InChI=1S/C20H28N4O3S/c1-2-10-27-17-12-14(19(25)23-8-6-18-22-9-11-28-18)3-4-16(17)24-20(26)15-5-7-21-13-15/h5,7,9,11,13-14,16-17,21H,2-4,6,8,10,12H2,1H3,(H,23,25)(H,24,26)/t14-,16-,17-/m0/s1. The molecule has 152 valence electrons. The van der Waals surface area contributed by atoms with E-state index in [1.165, 1.54) is 0 Å². The van der Waals surface area contributed by atoms with Crippen LogP contribution >= 0.6 is 11.3 Å². The van der Waals surface area contributed by atoms with Crippen LogP contribution in [0, 0.1) is 5.92 Å². The quantitative estimate of drug-likeness (QED) is 0.598. The summed E-state index contributed by atoms with van der Waals surface area (Å²) in [7, 11) is 0. The monoisotopic (exact) mass is 404 g/mol. The Balaban J connectivity index is 1.51. The van der Waals surface area contributed by atoms with Crippen LogP contribution in [-0.4, -0.2) is 47.1 Å². The highest BCUT2D eigenvalue weighted by atomic mass is 32.1. The zero-order valence-corrected chi connectivity index (χ0v) is 17.0. The van der Waals surface area contributed by atoms with Crippen molar-refractivity contribution in [3.05, 3.63) is 40.6 Å². The van der Waals surface area contributed by atoms with Crippen molar-refractivity contribution < 1.29 is 14.3 Å². The number of rotatable bonds is 9. The molecule has 3 atom stereocenters. The van der Waals surface area contributed by atoms with Crippen molar-refractivity contribution >= 4 is 23.2 Å². The number of amides is 2. The highest BCUT2D eigenvalue weighted by Gasteiger charge is 2.35. The molecule has 1 fully saturated rings. The van der Waals surface area contributed by atoms with E-state index in [2.05, 4.69) is 27.5 Å². The molecule has 0 aromatic carbocycles. The SMILES string of the molecule is CCCO[C@H]1C[C@@H](C(=O)NCCc2nccs2)CC[C@@H]1NC(=O)c1cc[nH]c1. The first-order chi connectivity index (χ1) is 13.7. The van der Waals surface area contributed by atoms with Crippen LogP contribution in [0.4, 0.5) is 0 Å². The summed E-state index contributed by atoms with van der Waals surface area (Å²) in [5.41, 5.74) is 0.608. The Kier molecular flexibility index (Phi) is 7.62.